The van der Waals surface area contributed by atoms with E-state index in [1.165, 1.54) is 31.4 Å². The number of ether oxygens (including phenoxy) is 2. The minimum absolute atomic E-state index is 0.0306. The van der Waals surface area contributed by atoms with Gasteiger partial charge in [0.05, 0.1) is 26.3 Å². The monoisotopic (exact) mass is 556 g/mol. The second kappa shape index (κ2) is 12.6. The molecule has 2 aromatic carbocycles. The third-order valence-corrected chi connectivity index (χ3v) is 5.75. The number of carbonyl (C=O) groups is 2. The lowest BCUT2D eigenvalue weighted by atomic mass is 10.0. The Kier molecular flexibility index (Phi) is 9.53. The van der Waals surface area contributed by atoms with Gasteiger partial charge in [0, 0.05) is 22.6 Å². The Hall–Kier alpha value is -3.84. The lowest BCUT2D eigenvalue weighted by molar-refractivity contribution is -0.207. The van der Waals surface area contributed by atoms with Crippen molar-refractivity contribution in [2.75, 3.05) is 13.7 Å². The molecule has 0 saturated heterocycles. The third kappa shape index (κ3) is 7.13. The second-order valence-corrected chi connectivity index (χ2v) is 8.49. The number of hydrogen-bond donors (Lipinski definition) is 2. The average molecular weight is 557 g/mol. The van der Waals surface area contributed by atoms with E-state index in [4.69, 9.17) is 21.1 Å². The van der Waals surface area contributed by atoms with Gasteiger partial charge in [0.2, 0.25) is 5.91 Å². The van der Waals surface area contributed by atoms with Gasteiger partial charge in [-0.2, -0.15) is 13.2 Å². The molecule has 204 valence electrons. The molecule has 2 N–H and O–H groups in total. The van der Waals surface area contributed by atoms with E-state index < -0.39 is 43.0 Å². The zero-order valence-electron chi connectivity index (χ0n) is 20.0. The summed E-state index contributed by atoms with van der Waals surface area (Å²) in [6.07, 6.45) is -7.66. The molecule has 3 rings (SSSR count). The predicted molar refractivity (Wildman–Crippen MR) is 130 cm³/mol. The Balaban J connectivity index is 1.91. The number of benzene rings is 2. The Bertz CT molecular complexity index is 1310. The topological polar surface area (TPSA) is 125 Å². The number of hydrogen-bond acceptors (Lipinski definition) is 7. The molecule has 38 heavy (non-hydrogen) atoms. The van der Waals surface area contributed by atoms with Crippen molar-refractivity contribution in [3.05, 3.63) is 69.6 Å². The number of para-hydroxylation sites is 1. The minimum atomic E-state index is -4.98. The van der Waals surface area contributed by atoms with Gasteiger partial charge in [-0.25, -0.2) is 9.48 Å². The molecule has 10 nitrogen and oxygen atoms in total. The minimum Gasteiger partial charge on any atom is -0.496 e. The van der Waals surface area contributed by atoms with Gasteiger partial charge in [0.1, 0.15) is 12.3 Å². The summed E-state index contributed by atoms with van der Waals surface area (Å²) in [5.41, 5.74) is -0.213. The predicted octanol–water partition coefficient (Wildman–Crippen LogP) is 2.72. The smallest absolute Gasteiger partial charge is 0.416 e. The number of alkyl halides is 3. The molecule has 3 aromatic rings. The van der Waals surface area contributed by atoms with Crippen LogP contribution in [0.15, 0.2) is 53.3 Å². The number of halogens is 4. The van der Waals surface area contributed by atoms with Crippen molar-refractivity contribution in [2.24, 2.45) is 0 Å². The molecule has 0 aliphatic heterocycles. The Labute approximate surface area is 219 Å². The highest BCUT2D eigenvalue weighted by Gasteiger charge is 2.39. The van der Waals surface area contributed by atoms with Crippen LogP contribution in [0.1, 0.15) is 18.0 Å². The first-order valence-electron chi connectivity index (χ1n) is 11.2. The Morgan fingerprint density at radius 1 is 1.21 bits per heavy atom. The second-order valence-electron chi connectivity index (χ2n) is 8.06. The van der Waals surface area contributed by atoms with Gasteiger partial charge in [0.25, 0.3) is 6.47 Å². The van der Waals surface area contributed by atoms with E-state index in [1.54, 1.807) is 24.3 Å². The van der Waals surface area contributed by atoms with Gasteiger partial charge in [0.15, 0.2) is 11.9 Å². The van der Waals surface area contributed by atoms with E-state index in [9.17, 15) is 32.7 Å². The summed E-state index contributed by atoms with van der Waals surface area (Å²) in [6.45, 7) is -1.54. The zero-order valence-corrected chi connectivity index (χ0v) is 20.8. The molecule has 0 radical (unpaired) electrons. The standard InChI is InChI=1S/C24H24ClF3N4O6/c1-37-19-5-3-2-4-17(19)18(10-11-38-14-33)29-21(35)13-32-23(36)31(12-20(34)24(26,27)28)22(30-32)15-6-8-16(25)9-7-15/h2-9,14,18,20,34H,10-13H2,1H3,(H,29,35)/t18?,20-/m0/s1. The highest BCUT2D eigenvalue weighted by Crippen LogP contribution is 2.27. The van der Waals surface area contributed by atoms with E-state index >= 15 is 0 Å². The third-order valence-electron chi connectivity index (χ3n) is 5.49. The molecule has 2 atom stereocenters. The first-order valence-corrected chi connectivity index (χ1v) is 11.6. The van der Waals surface area contributed by atoms with Gasteiger partial charge in [-0.15, -0.1) is 5.10 Å². The first kappa shape index (κ1) is 28.7. The van der Waals surface area contributed by atoms with Crippen LogP contribution in [0.3, 0.4) is 0 Å². The molecule has 0 spiro atoms. The fourth-order valence-electron chi connectivity index (χ4n) is 3.67. The Morgan fingerprint density at radius 3 is 2.53 bits per heavy atom. The van der Waals surface area contributed by atoms with Crippen LogP contribution >= 0.6 is 11.6 Å². The highest BCUT2D eigenvalue weighted by atomic mass is 35.5. The van der Waals surface area contributed by atoms with E-state index in [1.807, 2.05) is 0 Å². The maximum absolute atomic E-state index is 13.0. The van der Waals surface area contributed by atoms with Crippen LogP contribution in [0.5, 0.6) is 5.75 Å². The van der Waals surface area contributed by atoms with Crippen molar-refractivity contribution in [1.82, 2.24) is 19.7 Å². The lowest BCUT2D eigenvalue weighted by Gasteiger charge is -2.21. The molecule has 0 fully saturated rings. The number of aliphatic hydroxyl groups excluding tert-OH is 1. The van der Waals surface area contributed by atoms with E-state index in [0.717, 1.165) is 0 Å². The van der Waals surface area contributed by atoms with Gasteiger partial charge in [-0.3, -0.25) is 14.2 Å². The van der Waals surface area contributed by atoms with Crippen LogP contribution in [0.25, 0.3) is 11.4 Å². The molecular formula is C24H24ClF3N4O6. The number of rotatable bonds is 12. The van der Waals surface area contributed by atoms with Crippen molar-refractivity contribution in [2.45, 2.75) is 37.8 Å². The van der Waals surface area contributed by atoms with Crippen molar-refractivity contribution in [3.8, 4) is 17.1 Å². The maximum Gasteiger partial charge on any atom is 0.416 e. The molecule has 1 amide bonds. The fourth-order valence-corrected chi connectivity index (χ4v) is 3.79. The summed E-state index contributed by atoms with van der Waals surface area (Å²) in [7, 11) is 1.44. The van der Waals surface area contributed by atoms with Crippen LogP contribution in [-0.4, -0.2) is 57.8 Å². The molecule has 0 bridgehead atoms. The summed E-state index contributed by atoms with van der Waals surface area (Å²) in [5.74, 6) is -0.433. The number of methoxy groups -OCH3 is 1. The van der Waals surface area contributed by atoms with Gasteiger partial charge >= 0.3 is 11.9 Å². The quantitative estimate of drug-likeness (QED) is 0.260. The number of carbonyl (C=O) groups excluding carboxylic acids is 2. The average Bonchev–Trinajstić information content (AvgIpc) is 3.18. The van der Waals surface area contributed by atoms with Crippen LogP contribution in [0.2, 0.25) is 5.02 Å². The largest absolute Gasteiger partial charge is 0.496 e. The summed E-state index contributed by atoms with van der Waals surface area (Å²) < 4.78 is 50.6. The summed E-state index contributed by atoms with van der Waals surface area (Å²) >= 11 is 5.88. The zero-order chi connectivity index (χ0) is 27.9. The number of nitrogens with one attached hydrogen (secondary N) is 1. The number of nitrogens with zero attached hydrogens (tertiary/aromatic N) is 3. The lowest BCUT2D eigenvalue weighted by Crippen LogP contribution is -2.39. The van der Waals surface area contributed by atoms with Crippen LogP contribution in [-0.2, 0) is 27.4 Å². The van der Waals surface area contributed by atoms with Crippen LogP contribution in [0.4, 0.5) is 13.2 Å². The molecule has 1 unspecified atom stereocenters. The first-order chi connectivity index (χ1) is 18.0. The number of aliphatic hydroxyl groups is 1. The van der Waals surface area contributed by atoms with E-state index in [0.29, 0.717) is 25.6 Å². The van der Waals surface area contributed by atoms with Crippen molar-refractivity contribution in [1.29, 1.82) is 0 Å². The number of aromatic nitrogens is 3. The summed E-state index contributed by atoms with van der Waals surface area (Å²) in [5, 5.41) is 16.7. The molecule has 0 aliphatic rings. The molecule has 0 saturated carbocycles. The maximum atomic E-state index is 13.0. The van der Waals surface area contributed by atoms with Crippen molar-refractivity contribution >= 4 is 24.0 Å². The Morgan fingerprint density at radius 2 is 1.89 bits per heavy atom. The molecule has 14 heteroatoms. The summed E-state index contributed by atoms with van der Waals surface area (Å²) in [6, 6.07) is 11.9. The van der Waals surface area contributed by atoms with Gasteiger partial charge < -0.3 is 19.9 Å². The van der Waals surface area contributed by atoms with Crippen LogP contribution < -0.4 is 15.7 Å². The van der Waals surface area contributed by atoms with Gasteiger partial charge in [-0.1, -0.05) is 29.8 Å². The molecule has 0 aliphatic carbocycles. The van der Waals surface area contributed by atoms with Crippen molar-refractivity contribution < 1.29 is 37.3 Å². The number of amides is 1. The van der Waals surface area contributed by atoms with Gasteiger partial charge in [-0.05, 0) is 30.3 Å². The normalized spacial score (nSPS) is 13.0. The summed E-state index contributed by atoms with van der Waals surface area (Å²) in [4.78, 5) is 36.5. The molecule has 1 aromatic heterocycles. The molecular weight excluding hydrogens is 533 g/mol. The molecule has 1 heterocycles. The van der Waals surface area contributed by atoms with Crippen molar-refractivity contribution in [3.63, 3.8) is 0 Å². The van der Waals surface area contributed by atoms with Crippen LogP contribution in [0, 0.1) is 0 Å². The van der Waals surface area contributed by atoms with E-state index in [2.05, 4.69) is 10.4 Å². The SMILES string of the molecule is COc1ccccc1C(CCOC=O)NC(=O)Cn1nc(-c2ccc(Cl)cc2)n(C[C@H](O)C(F)(F)F)c1=O. The fraction of sp³-hybridized carbons (Fsp3) is 0.333. The van der Waals surface area contributed by atoms with E-state index in [-0.39, 0.29) is 30.9 Å². The highest BCUT2D eigenvalue weighted by molar-refractivity contribution is 6.30.